The summed E-state index contributed by atoms with van der Waals surface area (Å²) in [5, 5.41) is 13.0. The first kappa shape index (κ1) is 29.3. The minimum atomic E-state index is -1.21. The van der Waals surface area contributed by atoms with Gasteiger partial charge in [0.1, 0.15) is 17.0 Å². The van der Waals surface area contributed by atoms with Gasteiger partial charge in [0, 0.05) is 12.1 Å². The number of carboxylic acids is 1. The molecule has 0 aromatic heterocycles. The number of hydrogen-bond acceptors (Lipinski definition) is 4. The van der Waals surface area contributed by atoms with E-state index in [1.807, 2.05) is 58.0 Å². The number of aryl methyl sites for hydroxylation is 1. The van der Waals surface area contributed by atoms with Crippen LogP contribution in [-0.4, -0.2) is 47.3 Å². The molecule has 2 aromatic carbocycles. The molecule has 0 aliphatic heterocycles. The van der Waals surface area contributed by atoms with Crippen LogP contribution in [0.4, 0.5) is 4.79 Å². The lowest BCUT2D eigenvalue weighted by molar-refractivity contribution is -0.146. The van der Waals surface area contributed by atoms with Gasteiger partial charge in [0.15, 0.2) is 0 Å². The number of aliphatic carboxylic acids is 1. The summed E-state index contributed by atoms with van der Waals surface area (Å²) >= 11 is 0. The van der Waals surface area contributed by atoms with Crippen molar-refractivity contribution in [2.45, 2.75) is 90.6 Å². The molecule has 1 aliphatic carbocycles. The lowest BCUT2D eigenvalue weighted by Gasteiger charge is -2.38. The molecule has 7 heteroatoms. The van der Waals surface area contributed by atoms with Gasteiger partial charge in [-0.15, -0.1) is 0 Å². The van der Waals surface area contributed by atoms with Crippen LogP contribution in [0.1, 0.15) is 88.4 Å². The van der Waals surface area contributed by atoms with Crippen molar-refractivity contribution < 1.29 is 24.2 Å². The van der Waals surface area contributed by atoms with E-state index in [2.05, 4.69) is 17.4 Å². The number of benzene rings is 2. The Balaban J connectivity index is 1.86. The summed E-state index contributed by atoms with van der Waals surface area (Å²) in [5.41, 5.74) is 1.88. The molecular formula is C31H44N2O5. The van der Waals surface area contributed by atoms with Crippen molar-refractivity contribution in [1.29, 1.82) is 0 Å². The Morgan fingerprint density at radius 3 is 2.16 bits per heavy atom. The van der Waals surface area contributed by atoms with Gasteiger partial charge in [-0.05, 0) is 83.1 Å². The highest BCUT2D eigenvalue weighted by atomic mass is 16.5. The molecular weight excluding hydrogens is 480 g/mol. The predicted octanol–water partition coefficient (Wildman–Crippen LogP) is 6.68. The van der Waals surface area contributed by atoms with Crippen molar-refractivity contribution >= 4 is 12.0 Å². The molecule has 1 fully saturated rings. The molecule has 0 bridgehead atoms. The fraction of sp³-hybridized carbons (Fsp3) is 0.548. The molecule has 1 aliphatic rings. The Morgan fingerprint density at radius 1 is 1.00 bits per heavy atom. The number of unbranched alkanes of at least 4 members (excludes halogenated alkanes) is 1. The number of nitrogens with one attached hydrogen (secondary N) is 1. The molecule has 2 N–H and O–H groups in total. The third-order valence-electron chi connectivity index (χ3n) is 7.57. The zero-order valence-corrected chi connectivity index (χ0v) is 23.4. The van der Waals surface area contributed by atoms with Gasteiger partial charge in [-0.2, -0.15) is 0 Å². The predicted molar refractivity (Wildman–Crippen MR) is 150 cm³/mol. The maximum absolute atomic E-state index is 13.8. The number of carbonyl (C=O) groups is 2. The zero-order valence-electron chi connectivity index (χ0n) is 23.4. The number of carbonyl (C=O) groups excluding carboxylic acids is 1. The molecule has 1 atom stereocenters. The minimum Gasteiger partial charge on any atom is -0.493 e. The van der Waals surface area contributed by atoms with E-state index in [4.69, 9.17) is 9.47 Å². The maximum atomic E-state index is 13.8. The number of ether oxygens (including phenoxy) is 2. The summed E-state index contributed by atoms with van der Waals surface area (Å²) in [6.07, 6.45) is 6.16. The summed E-state index contributed by atoms with van der Waals surface area (Å²) < 4.78 is 11.8. The van der Waals surface area contributed by atoms with Crippen LogP contribution in [0.2, 0.25) is 0 Å². The molecule has 0 spiro atoms. The number of nitrogens with zero attached hydrogens (tertiary/aromatic N) is 1. The first-order valence-electron chi connectivity index (χ1n) is 14.1. The average Bonchev–Trinajstić information content (AvgIpc) is 2.91. The molecule has 3 rings (SSSR count). The van der Waals surface area contributed by atoms with Crippen LogP contribution >= 0.6 is 0 Å². The first-order chi connectivity index (χ1) is 18.3. The van der Waals surface area contributed by atoms with Gasteiger partial charge >= 0.3 is 12.0 Å². The fourth-order valence-electron chi connectivity index (χ4n) is 5.27. The second kappa shape index (κ2) is 14.1. The van der Waals surface area contributed by atoms with Crippen LogP contribution in [0.15, 0.2) is 42.5 Å². The molecule has 38 heavy (non-hydrogen) atoms. The number of urea groups is 1. The highest BCUT2D eigenvalue weighted by Crippen LogP contribution is 2.35. The number of amides is 2. The van der Waals surface area contributed by atoms with Crippen LogP contribution in [-0.2, 0) is 11.2 Å². The Labute approximate surface area is 227 Å². The van der Waals surface area contributed by atoms with Crippen LogP contribution < -0.4 is 14.8 Å². The Hall–Kier alpha value is -3.22. The first-order valence-corrected chi connectivity index (χ1v) is 14.1. The van der Waals surface area contributed by atoms with Crippen molar-refractivity contribution in [2.75, 3.05) is 19.8 Å². The van der Waals surface area contributed by atoms with Crippen molar-refractivity contribution in [3.05, 3.63) is 59.2 Å². The van der Waals surface area contributed by atoms with Crippen molar-refractivity contribution in [1.82, 2.24) is 10.2 Å². The Bertz CT molecular complexity index is 1020. The van der Waals surface area contributed by atoms with Crippen LogP contribution in [0, 0.1) is 6.92 Å². The average molecular weight is 525 g/mol. The maximum Gasteiger partial charge on any atom is 0.329 e. The molecule has 2 amide bonds. The highest BCUT2D eigenvalue weighted by Gasteiger charge is 2.42. The van der Waals surface area contributed by atoms with E-state index in [1.54, 1.807) is 4.90 Å². The third kappa shape index (κ3) is 7.42. The highest BCUT2D eigenvalue weighted by molar-refractivity contribution is 5.86. The Kier molecular flexibility index (Phi) is 10.9. The van der Waals surface area contributed by atoms with E-state index < -0.39 is 11.5 Å². The Morgan fingerprint density at radius 2 is 1.61 bits per heavy atom. The van der Waals surface area contributed by atoms with Gasteiger partial charge in [0.05, 0.1) is 19.3 Å². The van der Waals surface area contributed by atoms with E-state index in [0.29, 0.717) is 32.6 Å². The van der Waals surface area contributed by atoms with Gasteiger partial charge in [0.25, 0.3) is 0 Å². The second-order valence-corrected chi connectivity index (χ2v) is 10.2. The van der Waals surface area contributed by atoms with Crippen LogP contribution in [0.3, 0.4) is 0 Å². The lowest BCUT2D eigenvalue weighted by Crippen LogP contribution is -2.59. The molecule has 0 heterocycles. The largest absolute Gasteiger partial charge is 0.493 e. The summed E-state index contributed by atoms with van der Waals surface area (Å²) in [7, 11) is 0. The van der Waals surface area contributed by atoms with E-state index in [-0.39, 0.29) is 12.1 Å². The van der Waals surface area contributed by atoms with Gasteiger partial charge in [-0.1, -0.05) is 49.6 Å². The van der Waals surface area contributed by atoms with Gasteiger partial charge in [-0.25, -0.2) is 9.59 Å². The molecule has 2 aromatic rings. The topological polar surface area (TPSA) is 88.1 Å². The van der Waals surface area contributed by atoms with Gasteiger partial charge in [0.2, 0.25) is 0 Å². The molecule has 7 nitrogen and oxygen atoms in total. The second-order valence-electron chi connectivity index (χ2n) is 10.2. The molecule has 0 radical (unpaired) electrons. The molecule has 208 valence electrons. The summed E-state index contributed by atoms with van der Waals surface area (Å²) in [4.78, 5) is 27.9. The van der Waals surface area contributed by atoms with Crippen molar-refractivity contribution in [3.8, 4) is 11.5 Å². The quantitative estimate of drug-likeness (QED) is 0.286. The number of carboxylic acid groups (broad SMARTS) is 1. The number of hydrogen-bond donors (Lipinski definition) is 2. The minimum absolute atomic E-state index is 0.305. The lowest BCUT2D eigenvalue weighted by atomic mass is 9.82. The van der Waals surface area contributed by atoms with E-state index in [1.165, 1.54) is 5.56 Å². The van der Waals surface area contributed by atoms with E-state index in [9.17, 15) is 14.7 Å². The van der Waals surface area contributed by atoms with Crippen LogP contribution in [0.25, 0.3) is 0 Å². The van der Waals surface area contributed by atoms with Gasteiger partial charge in [-0.3, -0.25) is 0 Å². The van der Waals surface area contributed by atoms with Crippen molar-refractivity contribution in [2.24, 2.45) is 0 Å². The van der Waals surface area contributed by atoms with Gasteiger partial charge < -0.3 is 24.8 Å². The normalized spacial score (nSPS) is 15.4. The third-order valence-corrected chi connectivity index (χ3v) is 7.57. The summed E-state index contributed by atoms with van der Waals surface area (Å²) in [5.74, 6) is 0.521. The monoisotopic (exact) mass is 524 g/mol. The smallest absolute Gasteiger partial charge is 0.329 e. The van der Waals surface area contributed by atoms with Crippen LogP contribution in [0.5, 0.6) is 11.5 Å². The summed E-state index contributed by atoms with van der Waals surface area (Å²) in [6.45, 7) is 9.40. The summed E-state index contributed by atoms with van der Waals surface area (Å²) in [6, 6.07) is 13.6. The van der Waals surface area contributed by atoms with E-state index >= 15 is 0 Å². The molecule has 0 saturated heterocycles. The zero-order chi connectivity index (χ0) is 27.5. The standard InChI is InChI=1S/C31H44N2O5/c1-5-37-27-21-26(22-28(23(27)3)38-6-2)24(4)33(20-14-11-17-25-15-9-7-10-16-25)30(36)32-31(29(34)35)18-12-8-13-19-31/h7,9-10,15-16,21-22,24H,5-6,8,11-14,17-20H2,1-4H3,(H,32,36)(H,34,35)/t24-/m1/s1. The SMILES string of the molecule is CCOc1cc([C@@H](C)N(CCCCc2ccccc2)C(=O)NC2(C(=O)O)CCCCC2)cc(OCC)c1C. The molecule has 0 unspecified atom stereocenters. The van der Waals surface area contributed by atoms with E-state index in [0.717, 1.165) is 61.2 Å². The van der Waals surface area contributed by atoms with Crippen molar-refractivity contribution in [3.63, 3.8) is 0 Å². The number of rotatable bonds is 13. The fourth-order valence-corrected chi connectivity index (χ4v) is 5.27. The molecule has 1 saturated carbocycles.